The molecule has 4 aromatic rings. The van der Waals surface area contributed by atoms with Gasteiger partial charge >= 0.3 is 0 Å². The molecule has 2 heterocycles. The third-order valence-corrected chi connectivity index (χ3v) is 12.4. The first-order valence-corrected chi connectivity index (χ1v) is 23.2. The van der Waals surface area contributed by atoms with Gasteiger partial charge in [0.1, 0.15) is 15.5 Å². The molecular weight excluding hydrogens is 884 g/mol. The smallest absolute Gasteiger partial charge is 0.296 e. The van der Waals surface area contributed by atoms with Crippen molar-refractivity contribution in [1.29, 1.82) is 0 Å². The molecule has 0 amide bonds. The van der Waals surface area contributed by atoms with Gasteiger partial charge in [-0.15, -0.1) is 10.2 Å². The number of hydrogen-bond donors (Lipinski definition) is 6. The maximum Gasteiger partial charge on any atom is 0.296 e. The summed E-state index contributed by atoms with van der Waals surface area (Å²) in [4.78, 5) is 11.3. The molecule has 0 unspecified atom stereocenters. The van der Waals surface area contributed by atoms with Crippen LogP contribution in [-0.4, -0.2) is 105 Å². The molecule has 0 saturated carbocycles. The van der Waals surface area contributed by atoms with Crippen molar-refractivity contribution in [2.24, 2.45) is 10.2 Å². The van der Waals surface area contributed by atoms with Crippen molar-refractivity contribution >= 4 is 110 Å². The summed E-state index contributed by atoms with van der Waals surface area (Å²) in [6.45, 7) is 1.38. The van der Waals surface area contributed by atoms with Gasteiger partial charge in [-0.25, -0.2) is 0 Å². The van der Waals surface area contributed by atoms with Crippen molar-refractivity contribution in [3.8, 4) is 11.6 Å². The Kier molecular flexibility index (Phi) is 13.9. The van der Waals surface area contributed by atoms with E-state index >= 15 is 0 Å². The largest absolute Gasteiger partial charge is 0.492 e. The van der Waals surface area contributed by atoms with Gasteiger partial charge < -0.3 is 10.4 Å². The molecule has 21 nitrogen and oxygen atoms in total. The van der Waals surface area contributed by atoms with Crippen LogP contribution in [0.3, 0.4) is 0 Å². The lowest BCUT2D eigenvalue weighted by Gasteiger charge is -2.10. The number of nitrogens with zero attached hydrogens (tertiary/aromatic N) is 7. The highest BCUT2D eigenvalue weighted by molar-refractivity contribution is 7.99. The van der Waals surface area contributed by atoms with Crippen LogP contribution in [0, 0.1) is 6.92 Å². The fraction of sp³-hybridized carbons (Fsp3) is 0.280. The zero-order valence-electron chi connectivity index (χ0n) is 27.0. The zero-order chi connectivity index (χ0) is 40.2. The molecule has 0 aliphatic carbocycles. The predicted molar refractivity (Wildman–Crippen MR) is 197 cm³/mol. The number of azo groups is 1. The number of nitrogens with one attached hydrogen (secondary N) is 1. The average molecular weight is 910 g/mol. The van der Waals surface area contributed by atoms with Crippen LogP contribution in [0.5, 0.6) is 5.88 Å². The van der Waals surface area contributed by atoms with E-state index in [1.807, 2.05) is 0 Å². The molecular formula is C25H26Cl2N8O13S6. The van der Waals surface area contributed by atoms with E-state index in [4.69, 9.17) is 32.3 Å². The highest BCUT2D eigenvalue weighted by Gasteiger charge is 2.23. The van der Waals surface area contributed by atoms with Gasteiger partial charge in [0.25, 0.3) is 40.5 Å². The third-order valence-electron chi connectivity index (χ3n) is 6.41. The SMILES string of the molecule is Cc1nn(-c2cc(Cl)c(S(=O)(=O)O)cc2Cl)c(O)c1/N=N/c1cc(Nc2nc(SCCCS(=O)(=O)O)nc(SCCCS(=O)(=O)O)n2)ccc1S(=O)(=O)O. The maximum absolute atomic E-state index is 12.2. The second-order valence-corrected chi connectivity index (χ2v) is 19.4. The Hall–Kier alpha value is -3.22. The second kappa shape index (κ2) is 17.3. The second-order valence-electron chi connectivity index (χ2n) is 10.6. The van der Waals surface area contributed by atoms with E-state index < -0.39 is 78.4 Å². The summed E-state index contributed by atoms with van der Waals surface area (Å²) in [6, 6.07) is 5.13. The standard InChI is InChI=1S/C25H26Cl2N8O13S6/c1-13-21(22(36)35(34-13)18-11-16(27)20(12-15(18)26)54(46,47)48)33-32-17-10-14(4-5-19(17)53(43,44)45)28-23-29-24(49-6-2-8-51(37,38)39)31-25(30-23)50-7-3-9-52(40,41)42/h4-5,10-12,36H,2-3,6-9H2,1H3,(H,37,38,39)(H,40,41,42)(H,43,44,45)(H,46,47,48)(H,28,29,30,31)/b33-32+. The quantitative estimate of drug-likeness (QED) is 0.0359. The van der Waals surface area contributed by atoms with Gasteiger partial charge in [0.15, 0.2) is 16.0 Å². The molecule has 0 bridgehead atoms. The van der Waals surface area contributed by atoms with E-state index in [0.717, 1.165) is 52.5 Å². The van der Waals surface area contributed by atoms with Crippen LogP contribution in [0.25, 0.3) is 5.69 Å². The third kappa shape index (κ3) is 12.4. The number of aryl methyl sites for hydroxylation is 1. The van der Waals surface area contributed by atoms with Crippen LogP contribution in [0.1, 0.15) is 18.5 Å². The van der Waals surface area contributed by atoms with Crippen LogP contribution >= 0.6 is 46.7 Å². The molecule has 294 valence electrons. The van der Waals surface area contributed by atoms with E-state index in [1.165, 1.54) is 13.0 Å². The topological polar surface area (TPSA) is 331 Å². The van der Waals surface area contributed by atoms with Gasteiger partial charge in [-0.1, -0.05) is 46.7 Å². The molecule has 0 aliphatic rings. The summed E-state index contributed by atoms with van der Waals surface area (Å²) < 4.78 is 130. The molecule has 0 radical (unpaired) electrons. The Labute approximate surface area is 326 Å². The van der Waals surface area contributed by atoms with Gasteiger partial charge in [0.2, 0.25) is 11.8 Å². The number of halogens is 2. The van der Waals surface area contributed by atoms with E-state index in [-0.39, 0.29) is 68.4 Å². The number of benzene rings is 2. The van der Waals surface area contributed by atoms with Gasteiger partial charge in [-0.05, 0) is 50.1 Å². The van der Waals surface area contributed by atoms with Crippen molar-refractivity contribution in [2.75, 3.05) is 28.3 Å². The summed E-state index contributed by atoms with van der Waals surface area (Å²) in [7, 11) is -18.1. The van der Waals surface area contributed by atoms with E-state index in [0.29, 0.717) is 0 Å². The number of hydrogen-bond acceptors (Lipinski definition) is 18. The number of anilines is 2. The molecule has 0 atom stereocenters. The maximum atomic E-state index is 12.2. The fourth-order valence-electron chi connectivity index (χ4n) is 4.13. The molecule has 6 N–H and O–H groups in total. The van der Waals surface area contributed by atoms with Crippen molar-refractivity contribution in [2.45, 2.75) is 39.9 Å². The number of rotatable bonds is 17. The molecule has 0 aliphatic heterocycles. The minimum absolute atomic E-state index is 0.0124. The molecule has 0 spiro atoms. The Morgan fingerprint density at radius 1 is 0.759 bits per heavy atom. The van der Waals surface area contributed by atoms with E-state index in [1.54, 1.807) is 0 Å². The van der Waals surface area contributed by atoms with Crippen molar-refractivity contribution < 1.29 is 57.0 Å². The van der Waals surface area contributed by atoms with Crippen LogP contribution in [-0.2, 0) is 40.5 Å². The summed E-state index contributed by atoms with van der Waals surface area (Å²) >= 11 is 14.2. The summed E-state index contributed by atoms with van der Waals surface area (Å²) in [6.07, 6.45) is 0.0740. The molecule has 2 aromatic carbocycles. The lowest BCUT2D eigenvalue weighted by molar-refractivity contribution is 0.434. The number of aromatic hydroxyl groups is 1. The molecule has 29 heteroatoms. The van der Waals surface area contributed by atoms with Crippen LogP contribution < -0.4 is 5.32 Å². The first-order chi connectivity index (χ1) is 24.9. The van der Waals surface area contributed by atoms with Gasteiger partial charge in [-0.2, -0.15) is 58.4 Å². The lowest BCUT2D eigenvalue weighted by Crippen LogP contribution is -2.07. The molecule has 0 fully saturated rings. The first-order valence-electron chi connectivity index (χ1n) is 14.4. The van der Waals surface area contributed by atoms with E-state index in [9.17, 15) is 47.9 Å². The fourth-order valence-corrected chi connectivity index (χ4v) is 9.05. The number of thioether (sulfide) groups is 2. The van der Waals surface area contributed by atoms with Gasteiger partial charge in [0, 0.05) is 17.2 Å². The van der Waals surface area contributed by atoms with Crippen molar-refractivity contribution in [3.63, 3.8) is 0 Å². The zero-order valence-corrected chi connectivity index (χ0v) is 33.4. The van der Waals surface area contributed by atoms with Crippen molar-refractivity contribution in [3.05, 3.63) is 46.1 Å². The molecule has 54 heavy (non-hydrogen) atoms. The summed E-state index contributed by atoms with van der Waals surface area (Å²) in [5.41, 5.74) is -0.807. The highest BCUT2D eigenvalue weighted by atomic mass is 35.5. The van der Waals surface area contributed by atoms with Gasteiger partial charge in [0.05, 0.1) is 32.9 Å². The minimum atomic E-state index is -4.91. The average Bonchev–Trinajstić information content (AvgIpc) is 3.31. The number of aromatic nitrogens is 5. The predicted octanol–water partition coefficient (Wildman–Crippen LogP) is 4.77. The Morgan fingerprint density at radius 3 is 1.83 bits per heavy atom. The van der Waals surface area contributed by atoms with Crippen LogP contribution in [0.4, 0.5) is 23.0 Å². The molecule has 4 rings (SSSR count). The molecule has 0 saturated heterocycles. The van der Waals surface area contributed by atoms with E-state index in [2.05, 4.69) is 35.6 Å². The minimum Gasteiger partial charge on any atom is -0.492 e. The lowest BCUT2D eigenvalue weighted by atomic mass is 10.3. The normalized spacial score (nSPS) is 12.8. The highest BCUT2D eigenvalue weighted by Crippen LogP contribution is 2.39. The van der Waals surface area contributed by atoms with Gasteiger partial charge in [-0.3, -0.25) is 18.2 Å². The summed E-state index contributed by atoms with van der Waals surface area (Å²) in [5.74, 6) is -1.55. The Bertz CT molecular complexity index is 2500. The van der Waals surface area contributed by atoms with Crippen LogP contribution in [0.2, 0.25) is 10.0 Å². The van der Waals surface area contributed by atoms with Crippen LogP contribution in [0.15, 0.2) is 60.7 Å². The first kappa shape index (κ1) is 43.5. The summed E-state index contributed by atoms with van der Waals surface area (Å²) in [5, 5.41) is 25.1. The Morgan fingerprint density at radius 2 is 1.31 bits per heavy atom. The molecule has 2 aromatic heterocycles. The van der Waals surface area contributed by atoms with Crippen molar-refractivity contribution in [1.82, 2.24) is 24.7 Å². The monoisotopic (exact) mass is 908 g/mol. The Balaban J connectivity index is 1.67.